The van der Waals surface area contributed by atoms with Crippen molar-refractivity contribution in [1.82, 2.24) is 15.3 Å². The van der Waals surface area contributed by atoms with Crippen LogP contribution in [0.2, 0.25) is 0 Å². The lowest BCUT2D eigenvalue weighted by Gasteiger charge is -2.14. The summed E-state index contributed by atoms with van der Waals surface area (Å²) in [6, 6.07) is 10.4. The highest BCUT2D eigenvalue weighted by atomic mass is 19.2. The molecule has 0 aliphatic heterocycles. The van der Waals surface area contributed by atoms with Crippen LogP contribution in [0.1, 0.15) is 24.1 Å². The number of rotatable bonds is 6. The van der Waals surface area contributed by atoms with Crippen LogP contribution in [-0.2, 0) is 4.79 Å². The van der Waals surface area contributed by atoms with Crippen LogP contribution in [0.4, 0.5) is 8.78 Å². The number of amides is 1. The van der Waals surface area contributed by atoms with E-state index in [1.54, 1.807) is 24.5 Å². The zero-order valence-corrected chi connectivity index (χ0v) is 15.0. The van der Waals surface area contributed by atoms with Gasteiger partial charge in [-0.15, -0.1) is 0 Å². The Kier molecular flexibility index (Phi) is 6.06. The molecule has 0 spiro atoms. The number of nitrogens with one attached hydrogen (secondary N) is 1. The van der Waals surface area contributed by atoms with Crippen molar-refractivity contribution < 1.29 is 18.3 Å². The molecule has 7 heteroatoms. The minimum absolute atomic E-state index is 0.294. The number of benzene rings is 2. The van der Waals surface area contributed by atoms with Crippen LogP contribution in [0.5, 0.6) is 11.5 Å². The fourth-order valence-electron chi connectivity index (χ4n) is 2.45. The summed E-state index contributed by atoms with van der Waals surface area (Å²) in [6.07, 6.45) is 7.20. The molecule has 0 saturated carbocycles. The number of hydrogen-bond donors (Lipinski definition) is 1. The minimum atomic E-state index is -0.962. The van der Waals surface area contributed by atoms with E-state index in [1.807, 2.05) is 19.1 Å². The first kappa shape index (κ1) is 19.2. The number of halogens is 2. The van der Waals surface area contributed by atoms with Crippen molar-refractivity contribution in [1.29, 1.82) is 0 Å². The van der Waals surface area contributed by atoms with E-state index in [0.717, 1.165) is 17.7 Å². The van der Waals surface area contributed by atoms with Crippen LogP contribution in [-0.4, -0.2) is 15.9 Å². The van der Waals surface area contributed by atoms with E-state index in [9.17, 15) is 13.6 Å². The first-order chi connectivity index (χ1) is 13.5. The predicted octanol–water partition coefficient (Wildman–Crippen LogP) is 4.44. The zero-order valence-electron chi connectivity index (χ0n) is 15.0. The fourth-order valence-corrected chi connectivity index (χ4v) is 2.45. The molecule has 5 nitrogen and oxygen atoms in total. The van der Waals surface area contributed by atoms with Gasteiger partial charge in [0.2, 0.25) is 5.91 Å². The zero-order chi connectivity index (χ0) is 19.9. The minimum Gasteiger partial charge on any atom is -0.454 e. The van der Waals surface area contributed by atoms with Crippen molar-refractivity contribution in [2.24, 2.45) is 0 Å². The lowest BCUT2D eigenvalue weighted by Crippen LogP contribution is -2.24. The van der Waals surface area contributed by atoms with Crippen molar-refractivity contribution in [3.63, 3.8) is 0 Å². The van der Waals surface area contributed by atoms with Gasteiger partial charge in [-0.2, -0.15) is 0 Å². The number of nitrogens with zero attached hydrogens (tertiary/aromatic N) is 2. The average Bonchev–Trinajstić information content (AvgIpc) is 2.70. The van der Waals surface area contributed by atoms with Crippen molar-refractivity contribution in [2.45, 2.75) is 13.0 Å². The second-order valence-corrected chi connectivity index (χ2v) is 5.99. The first-order valence-electron chi connectivity index (χ1n) is 8.48. The summed E-state index contributed by atoms with van der Waals surface area (Å²) in [5, 5.41) is 2.81. The van der Waals surface area contributed by atoms with Gasteiger partial charge in [-0.05, 0) is 48.4 Å². The molecule has 1 atom stereocenters. The van der Waals surface area contributed by atoms with Gasteiger partial charge in [0.1, 0.15) is 12.1 Å². The molecule has 142 valence electrons. The van der Waals surface area contributed by atoms with E-state index >= 15 is 0 Å². The first-order valence-corrected chi connectivity index (χ1v) is 8.48. The van der Waals surface area contributed by atoms with Gasteiger partial charge in [0.15, 0.2) is 17.4 Å². The standard InChI is InChI=1S/C21H17F2N3O2/c1-14(26-21(27)8-6-15-5-7-19(22)20(23)9-15)16-3-2-4-17(10-16)28-18-11-24-13-25-12-18/h2-14H,1H3,(H,26,27)/b8-6+/t14-/m0/s1. The van der Waals surface area contributed by atoms with Crippen molar-refractivity contribution >= 4 is 12.0 Å². The molecule has 0 radical (unpaired) electrons. The number of carbonyl (C=O) groups excluding carboxylic acids is 1. The summed E-state index contributed by atoms with van der Waals surface area (Å²) < 4.78 is 31.8. The summed E-state index contributed by atoms with van der Waals surface area (Å²) in [5.41, 5.74) is 1.23. The van der Waals surface area contributed by atoms with E-state index in [-0.39, 0.29) is 11.9 Å². The third-order valence-corrected chi connectivity index (χ3v) is 3.86. The van der Waals surface area contributed by atoms with E-state index in [1.165, 1.54) is 24.5 Å². The lowest BCUT2D eigenvalue weighted by atomic mass is 10.1. The molecule has 1 N–H and O–H groups in total. The molecule has 0 fully saturated rings. The molecule has 1 amide bonds. The van der Waals surface area contributed by atoms with E-state index in [0.29, 0.717) is 17.1 Å². The molecular weight excluding hydrogens is 364 g/mol. The molecular formula is C21H17F2N3O2. The Morgan fingerprint density at radius 1 is 1.07 bits per heavy atom. The molecule has 0 saturated heterocycles. The number of hydrogen-bond acceptors (Lipinski definition) is 4. The van der Waals surface area contributed by atoms with Crippen LogP contribution < -0.4 is 10.1 Å². The molecule has 2 aromatic carbocycles. The normalized spacial score (nSPS) is 12.0. The summed E-state index contributed by atoms with van der Waals surface area (Å²) in [5.74, 6) is -1.16. The molecule has 1 heterocycles. The van der Waals surface area contributed by atoms with Gasteiger partial charge in [0.25, 0.3) is 0 Å². The highest BCUT2D eigenvalue weighted by Gasteiger charge is 2.09. The van der Waals surface area contributed by atoms with Crippen LogP contribution >= 0.6 is 0 Å². The highest BCUT2D eigenvalue weighted by Crippen LogP contribution is 2.23. The fraction of sp³-hybridized carbons (Fsp3) is 0.0952. The molecule has 0 aliphatic rings. The second kappa shape index (κ2) is 8.85. The Balaban J connectivity index is 1.62. The van der Waals surface area contributed by atoms with Gasteiger partial charge in [-0.1, -0.05) is 18.2 Å². The maximum absolute atomic E-state index is 13.2. The Labute approximate surface area is 160 Å². The van der Waals surface area contributed by atoms with Gasteiger partial charge in [0.05, 0.1) is 18.4 Å². The van der Waals surface area contributed by atoms with Gasteiger partial charge < -0.3 is 10.1 Å². The summed E-state index contributed by atoms with van der Waals surface area (Å²) >= 11 is 0. The topological polar surface area (TPSA) is 64.1 Å². The van der Waals surface area contributed by atoms with Crippen LogP contribution in [0, 0.1) is 11.6 Å². The number of aromatic nitrogens is 2. The van der Waals surface area contributed by atoms with E-state index in [4.69, 9.17) is 4.74 Å². The maximum atomic E-state index is 13.2. The molecule has 1 aromatic heterocycles. The Morgan fingerprint density at radius 2 is 1.86 bits per heavy atom. The van der Waals surface area contributed by atoms with Crippen molar-refractivity contribution in [3.8, 4) is 11.5 Å². The Hall–Kier alpha value is -3.61. The molecule has 28 heavy (non-hydrogen) atoms. The van der Waals surface area contributed by atoms with Gasteiger partial charge in [-0.3, -0.25) is 4.79 Å². The summed E-state index contributed by atoms with van der Waals surface area (Å²) in [4.78, 5) is 19.9. The largest absolute Gasteiger partial charge is 0.454 e. The van der Waals surface area contributed by atoms with Crippen LogP contribution in [0.3, 0.4) is 0 Å². The Bertz CT molecular complexity index is 994. The summed E-state index contributed by atoms with van der Waals surface area (Å²) in [6.45, 7) is 1.83. The van der Waals surface area contributed by atoms with Crippen molar-refractivity contribution in [3.05, 3.63) is 90.0 Å². The lowest BCUT2D eigenvalue weighted by molar-refractivity contribution is -0.117. The van der Waals surface area contributed by atoms with Gasteiger partial charge in [0, 0.05) is 6.08 Å². The maximum Gasteiger partial charge on any atom is 0.244 e. The van der Waals surface area contributed by atoms with Gasteiger partial charge >= 0.3 is 0 Å². The average molecular weight is 381 g/mol. The quantitative estimate of drug-likeness (QED) is 0.641. The SMILES string of the molecule is C[C@H](NC(=O)/C=C/c1ccc(F)c(F)c1)c1cccc(Oc2cncnc2)c1. The molecule has 0 bridgehead atoms. The Morgan fingerprint density at radius 3 is 2.61 bits per heavy atom. The third-order valence-electron chi connectivity index (χ3n) is 3.86. The van der Waals surface area contributed by atoms with E-state index < -0.39 is 11.6 Å². The highest BCUT2D eigenvalue weighted by molar-refractivity contribution is 5.91. The number of carbonyl (C=O) groups is 1. The number of ether oxygens (including phenoxy) is 1. The van der Waals surface area contributed by atoms with Gasteiger partial charge in [-0.25, -0.2) is 18.7 Å². The van der Waals surface area contributed by atoms with Crippen molar-refractivity contribution in [2.75, 3.05) is 0 Å². The van der Waals surface area contributed by atoms with Crippen LogP contribution in [0.15, 0.2) is 67.3 Å². The molecule has 3 rings (SSSR count). The summed E-state index contributed by atoms with van der Waals surface area (Å²) in [7, 11) is 0. The molecule has 0 aliphatic carbocycles. The monoisotopic (exact) mass is 381 g/mol. The van der Waals surface area contributed by atoms with E-state index in [2.05, 4.69) is 15.3 Å². The second-order valence-electron chi connectivity index (χ2n) is 5.99. The smallest absolute Gasteiger partial charge is 0.244 e. The van der Waals surface area contributed by atoms with Crippen LogP contribution in [0.25, 0.3) is 6.08 Å². The predicted molar refractivity (Wildman–Crippen MR) is 100 cm³/mol. The molecule has 3 aromatic rings. The molecule has 0 unspecified atom stereocenters. The third kappa shape index (κ3) is 5.20.